The Balaban J connectivity index is -0.000000131. The Morgan fingerprint density at radius 1 is 0.254 bits per heavy atom. The molecule has 23 heteroatoms. The van der Waals surface area contributed by atoms with Gasteiger partial charge in [0, 0.05) is 0 Å². The van der Waals surface area contributed by atoms with Crippen LogP contribution in [-0.2, 0) is 149 Å². The van der Waals surface area contributed by atoms with E-state index in [0.29, 0.717) is 0 Å². The van der Waals surface area contributed by atoms with Gasteiger partial charge in [0.15, 0.2) is 0 Å². The van der Waals surface area contributed by atoms with Crippen LogP contribution in [0.3, 0.4) is 0 Å². The molecule has 0 rings (SSSR count). The van der Waals surface area contributed by atoms with E-state index in [2.05, 4.69) is 27.7 Å². The molecule has 0 aliphatic heterocycles. The fraction of sp³-hybridized carbons (Fsp3) is 1.00. The van der Waals surface area contributed by atoms with Gasteiger partial charge < -0.3 is 148 Å². The van der Waals surface area contributed by atoms with E-state index in [1.54, 1.807) is 0 Å². The second-order valence-corrected chi connectivity index (χ2v) is 60.8. The summed E-state index contributed by atoms with van der Waals surface area (Å²) in [7, 11) is -7.47. The monoisotopic (exact) mass is 1380 g/mol. The minimum Gasteiger partial charge on any atom is -0.855 e. The Morgan fingerprint density at radius 3 is 0.460 bits per heavy atom. The summed E-state index contributed by atoms with van der Waals surface area (Å²) in [5.41, 5.74) is -14.0. The average Bonchev–Trinajstić information content (AvgIpc) is 3.17. The van der Waals surface area contributed by atoms with Crippen LogP contribution in [-0.4, -0.2) is 69.0 Å². The second kappa shape index (κ2) is 45.6. The van der Waals surface area contributed by atoms with E-state index >= 15 is 0 Å². The van der Waals surface area contributed by atoms with Crippen LogP contribution >= 0.6 is 22.8 Å². The van der Waals surface area contributed by atoms with Crippen LogP contribution in [0.5, 0.6) is 0 Å². The van der Waals surface area contributed by atoms with Crippen LogP contribution in [0.2, 0.25) is 0 Å². The van der Waals surface area contributed by atoms with Gasteiger partial charge in [-0.3, -0.25) is 0 Å². The van der Waals surface area contributed by atoms with Crippen molar-refractivity contribution in [1.82, 2.24) is 0 Å². The van der Waals surface area contributed by atoms with Crippen molar-refractivity contribution < 1.29 is 102 Å². The topological polar surface area (TPSA) is 184 Å². The summed E-state index contributed by atoms with van der Waals surface area (Å²) in [6.07, 6.45) is 18.3. The molecule has 0 aliphatic rings. The van der Waals surface area contributed by atoms with Crippen molar-refractivity contribution in [3.63, 3.8) is 0 Å². The number of rotatable bonds is 28. The molecule has 63 heavy (non-hydrogen) atoms. The third kappa shape index (κ3) is 33.7. The number of unbranched alkanes of at least 4 members (excludes halogenated alkanes) is 12. The minimum absolute atomic E-state index is 0. The maximum absolute atomic E-state index is 11.7. The molecule has 0 aromatic heterocycles. The van der Waals surface area contributed by atoms with Gasteiger partial charge in [-0.05, 0) is 94.7 Å². The van der Waals surface area contributed by atoms with Gasteiger partial charge in [-0.25, -0.2) is 0 Å². The maximum atomic E-state index is 11.7. The molecule has 0 spiro atoms. The van der Waals surface area contributed by atoms with Crippen molar-refractivity contribution in [3.05, 3.63) is 0 Å². The Morgan fingerprint density at radius 2 is 0.381 bits per heavy atom. The average molecular weight is 1370 g/mol. The van der Waals surface area contributed by atoms with Crippen molar-refractivity contribution >= 4 is 109 Å². The van der Waals surface area contributed by atoms with E-state index in [1.807, 2.05) is 55.4 Å². The van der Waals surface area contributed by atoms with Gasteiger partial charge in [-0.2, -0.15) is 0 Å². The van der Waals surface area contributed by atoms with Crippen LogP contribution in [0.1, 0.15) is 186 Å². The normalized spacial score (nSPS) is 13.6. The number of hydrogen-bond donors (Lipinski definition) is 4. The molecular weight excluding hydrogens is 1280 g/mol. The summed E-state index contributed by atoms with van der Waals surface area (Å²) < 4.78 is 0. The first-order valence-electron chi connectivity index (χ1n) is 23.3. The van der Waals surface area contributed by atoms with Crippen LogP contribution in [0, 0.1) is 0 Å². The van der Waals surface area contributed by atoms with E-state index in [-0.39, 0.29) is 63.2 Å². The van der Waals surface area contributed by atoms with Crippen molar-refractivity contribution in [3.8, 4) is 0 Å². The summed E-state index contributed by atoms with van der Waals surface area (Å²) in [4.78, 5) is 93.4. The summed E-state index contributed by atoms with van der Waals surface area (Å²) in [5.74, 6) is 9.52. The molecule has 0 aromatic carbocycles. The molecule has 0 fully saturated rings. The Kier molecular flexibility index (Phi) is 60.3. The molecular formula is C40H96Mo3O8P4S8. The van der Waals surface area contributed by atoms with Gasteiger partial charge in [-0.1, -0.05) is 160 Å². The van der Waals surface area contributed by atoms with Crippen LogP contribution in [0.25, 0.3) is 0 Å². The predicted molar refractivity (Wildman–Crippen MR) is 293 cm³/mol. The van der Waals surface area contributed by atoms with Gasteiger partial charge in [0.05, 0.1) is 0 Å². The molecule has 0 atom stereocenters. The number of thiol groups is 4. The van der Waals surface area contributed by atoms with E-state index in [0.717, 1.165) is 120 Å². The van der Waals surface area contributed by atoms with Crippen LogP contribution in [0.15, 0.2) is 0 Å². The molecule has 0 aliphatic carbocycles. The van der Waals surface area contributed by atoms with Gasteiger partial charge >= 0.3 is 63.2 Å². The molecule has 0 N–H and O–H groups in total. The summed E-state index contributed by atoms with van der Waals surface area (Å²) in [6.45, 7) is 24.5. The molecule has 8 nitrogen and oxygen atoms in total. The van der Waals surface area contributed by atoms with Crippen molar-refractivity contribution in [1.29, 1.82) is 0 Å². The van der Waals surface area contributed by atoms with E-state index in [4.69, 9.17) is 49.0 Å². The number of hydrogen-bond acceptors (Lipinski definition) is 12. The third-order valence-electron chi connectivity index (χ3n) is 12.5. The molecule has 0 aromatic rings. The zero-order chi connectivity index (χ0) is 47.8. The predicted octanol–water partition coefficient (Wildman–Crippen LogP) is 5.74. The van der Waals surface area contributed by atoms with Crippen molar-refractivity contribution in [2.45, 2.75) is 186 Å². The fourth-order valence-electron chi connectivity index (χ4n) is 7.37. The zero-order valence-corrected chi connectivity index (χ0v) is 57.9. The zero-order valence-electron chi connectivity index (χ0n) is 41.5. The largest absolute Gasteiger partial charge is 4.00 e. The van der Waals surface area contributed by atoms with E-state index < -0.39 is 59.6 Å². The maximum Gasteiger partial charge on any atom is 4.00 e. The SMILES string of the molecule is CCCCCC[SH](CC)(CC)=P([O-])([O-])[S-].CCCCCC[SH](CC)(CC)=P([O-])([O-])[S-].CCCCCC[SH](CC)(CC)=P([O-])([O-])[S-].CCCCCC[SH](CC)(CC)=P([O-])([O-])[S-].[Mo+4].[Mo+4].[Mo+4]. The molecule has 0 amide bonds. The molecule has 0 saturated carbocycles. The molecule has 0 radical (unpaired) electrons. The van der Waals surface area contributed by atoms with Gasteiger partial charge in [0.1, 0.15) is 0 Å². The van der Waals surface area contributed by atoms with Gasteiger partial charge in [0.2, 0.25) is 0 Å². The first-order valence-corrected chi connectivity index (χ1v) is 46.0. The van der Waals surface area contributed by atoms with Crippen LogP contribution in [0.4, 0.5) is 0 Å². The third-order valence-corrected chi connectivity index (χ3v) is 64.8. The molecule has 0 heterocycles. The Hall–Kier alpha value is 6.26. The smallest absolute Gasteiger partial charge is 0.855 e. The van der Waals surface area contributed by atoms with Crippen molar-refractivity contribution in [2.24, 2.45) is 0 Å². The first kappa shape index (κ1) is 83.3. The van der Waals surface area contributed by atoms with Gasteiger partial charge in [-0.15, -0.1) is 0 Å². The standard InChI is InChI=1S/4C10H24O2PS2.3Mo/c4*1-4-7-8-9-10-15(5-2,6-3)13(11,12)14;;;/h4*15H,4-10H2,1-3H3;;;/q4*-3;3*+4. The van der Waals surface area contributed by atoms with Crippen molar-refractivity contribution in [2.75, 3.05) is 69.0 Å². The fourth-order valence-corrected chi connectivity index (χ4v) is 42.9. The summed E-state index contributed by atoms with van der Waals surface area (Å²) in [5, 5.41) is 0. The quantitative estimate of drug-likeness (QED) is 0.0245. The Labute approximate surface area is 460 Å². The first-order chi connectivity index (χ1) is 27.7. The molecule has 390 valence electrons. The second-order valence-electron chi connectivity index (χ2n) is 15.9. The summed E-state index contributed by atoms with van der Waals surface area (Å²) in [6, 6.07) is 0. The molecule has 0 saturated heterocycles. The summed E-state index contributed by atoms with van der Waals surface area (Å²) >= 11 is 19.0. The van der Waals surface area contributed by atoms with E-state index in [9.17, 15) is 39.1 Å². The molecule has 0 bridgehead atoms. The Bertz CT molecular complexity index is 1150. The van der Waals surface area contributed by atoms with Gasteiger partial charge in [0.25, 0.3) is 0 Å². The minimum atomic E-state index is -3.51. The molecule has 0 unspecified atom stereocenters. The van der Waals surface area contributed by atoms with Crippen LogP contribution < -0.4 is 39.1 Å². The van der Waals surface area contributed by atoms with E-state index in [1.165, 1.54) is 51.4 Å².